The van der Waals surface area contributed by atoms with E-state index in [0.717, 1.165) is 5.56 Å². The third-order valence-corrected chi connectivity index (χ3v) is 1.60. The molecule has 3 nitrogen and oxygen atoms in total. The van der Waals surface area contributed by atoms with E-state index in [9.17, 15) is 9.59 Å². The van der Waals surface area contributed by atoms with E-state index in [1.165, 1.54) is 0 Å². The molecule has 0 fully saturated rings. The lowest BCUT2D eigenvalue weighted by molar-refractivity contribution is 0.0993. The van der Waals surface area contributed by atoms with Crippen molar-refractivity contribution in [2.45, 2.75) is 6.92 Å². The normalized spacial score (nSPS) is 9.42. The number of nitrogens with two attached hydrogens (primary N) is 1. The SMILES string of the molecule is Cc1ccc(C(N)=O)c(C=O)c1. The van der Waals surface area contributed by atoms with Crippen LogP contribution in [0.1, 0.15) is 26.3 Å². The summed E-state index contributed by atoms with van der Waals surface area (Å²) in [4.78, 5) is 21.2. The van der Waals surface area contributed by atoms with Gasteiger partial charge in [-0.1, -0.05) is 11.6 Å². The highest BCUT2D eigenvalue weighted by Crippen LogP contribution is 2.08. The number of carbonyl (C=O) groups excluding carboxylic acids is 2. The van der Waals surface area contributed by atoms with E-state index in [-0.39, 0.29) is 5.56 Å². The molecule has 0 radical (unpaired) electrons. The Morgan fingerprint density at radius 3 is 2.67 bits per heavy atom. The summed E-state index contributed by atoms with van der Waals surface area (Å²) >= 11 is 0. The molecule has 0 aliphatic carbocycles. The predicted octanol–water partition coefficient (Wildman–Crippen LogP) is 0.906. The Kier molecular flexibility index (Phi) is 2.24. The van der Waals surface area contributed by atoms with Crippen LogP contribution >= 0.6 is 0 Å². The lowest BCUT2D eigenvalue weighted by Crippen LogP contribution is -2.13. The van der Waals surface area contributed by atoms with Crippen LogP contribution in [0.5, 0.6) is 0 Å². The molecule has 3 heteroatoms. The number of amides is 1. The van der Waals surface area contributed by atoms with Gasteiger partial charge in [-0.15, -0.1) is 0 Å². The molecule has 0 saturated heterocycles. The largest absolute Gasteiger partial charge is 0.366 e. The summed E-state index contributed by atoms with van der Waals surface area (Å²) in [6.45, 7) is 1.85. The van der Waals surface area contributed by atoms with Crippen molar-refractivity contribution in [1.29, 1.82) is 0 Å². The number of primary amides is 1. The summed E-state index contributed by atoms with van der Waals surface area (Å²) in [5.74, 6) is -0.572. The zero-order valence-corrected chi connectivity index (χ0v) is 6.70. The van der Waals surface area contributed by atoms with Gasteiger partial charge in [0.2, 0.25) is 5.91 Å². The summed E-state index contributed by atoms with van der Waals surface area (Å²) in [5, 5.41) is 0. The first kappa shape index (κ1) is 8.46. The van der Waals surface area contributed by atoms with Gasteiger partial charge in [0.05, 0.1) is 0 Å². The monoisotopic (exact) mass is 163 g/mol. The van der Waals surface area contributed by atoms with E-state index >= 15 is 0 Å². The summed E-state index contributed by atoms with van der Waals surface area (Å²) in [6.07, 6.45) is 0.632. The van der Waals surface area contributed by atoms with Gasteiger partial charge in [0.25, 0.3) is 0 Å². The van der Waals surface area contributed by atoms with Crippen molar-refractivity contribution in [3.05, 3.63) is 34.9 Å². The van der Waals surface area contributed by atoms with Gasteiger partial charge < -0.3 is 5.73 Å². The molecule has 62 valence electrons. The maximum atomic E-state index is 10.8. The summed E-state index contributed by atoms with van der Waals surface area (Å²) in [6, 6.07) is 4.93. The second kappa shape index (κ2) is 3.17. The van der Waals surface area contributed by atoms with Gasteiger partial charge in [-0.3, -0.25) is 9.59 Å². The molecule has 0 aliphatic heterocycles. The van der Waals surface area contributed by atoms with Gasteiger partial charge >= 0.3 is 0 Å². The number of hydrogen-bond donors (Lipinski definition) is 1. The maximum absolute atomic E-state index is 10.8. The van der Waals surface area contributed by atoms with Crippen LogP contribution in [-0.4, -0.2) is 12.2 Å². The molecule has 0 bridgehead atoms. The molecular formula is C9H9NO2. The van der Waals surface area contributed by atoms with E-state index in [1.54, 1.807) is 18.2 Å². The van der Waals surface area contributed by atoms with Gasteiger partial charge in [-0.2, -0.15) is 0 Å². The van der Waals surface area contributed by atoms with Crippen LogP contribution in [-0.2, 0) is 0 Å². The molecule has 12 heavy (non-hydrogen) atoms. The molecule has 1 rings (SSSR count). The molecule has 0 heterocycles. The number of carbonyl (C=O) groups is 2. The fraction of sp³-hybridized carbons (Fsp3) is 0.111. The van der Waals surface area contributed by atoms with Gasteiger partial charge in [0, 0.05) is 11.1 Å². The Labute approximate surface area is 70.2 Å². The first-order valence-electron chi connectivity index (χ1n) is 3.51. The van der Waals surface area contributed by atoms with E-state index < -0.39 is 5.91 Å². The average Bonchev–Trinajstić information content (AvgIpc) is 2.03. The zero-order chi connectivity index (χ0) is 9.14. The fourth-order valence-corrected chi connectivity index (χ4v) is 1.00. The molecule has 0 unspecified atom stereocenters. The molecule has 2 N–H and O–H groups in total. The van der Waals surface area contributed by atoms with Gasteiger partial charge in [-0.25, -0.2) is 0 Å². The van der Waals surface area contributed by atoms with Crippen LogP contribution in [0.2, 0.25) is 0 Å². The Morgan fingerprint density at radius 2 is 2.17 bits per heavy atom. The van der Waals surface area contributed by atoms with E-state index in [0.29, 0.717) is 11.8 Å². The van der Waals surface area contributed by atoms with Crippen molar-refractivity contribution in [3.63, 3.8) is 0 Å². The van der Waals surface area contributed by atoms with Crippen LogP contribution < -0.4 is 5.73 Å². The highest BCUT2D eigenvalue weighted by molar-refractivity contribution is 6.00. The van der Waals surface area contributed by atoms with E-state index in [4.69, 9.17) is 5.73 Å². The van der Waals surface area contributed by atoms with Gasteiger partial charge in [-0.05, 0) is 19.1 Å². The van der Waals surface area contributed by atoms with Crippen LogP contribution in [0.15, 0.2) is 18.2 Å². The van der Waals surface area contributed by atoms with E-state index in [1.807, 2.05) is 6.92 Å². The Balaban J connectivity index is 3.29. The minimum absolute atomic E-state index is 0.274. The van der Waals surface area contributed by atoms with E-state index in [2.05, 4.69) is 0 Å². The van der Waals surface area contributed by atoms with Crippen molar-refractivity contribution in [3.8, 4) is 0 Å². The van der Waals surface area contributed by atoms with Crippen LogP contribution in [0.3, 0.4) is 0 Å². The zero-order valence-electron chi connectivity index (χ0n) is 6.70. The average molecular weight is 163 g/mol. The van der Waals surface area contributed by atoms with Crippen LogP contribution in [0, 0.1) is 6.92 Å². The van der Waals surface area contributed by atoms with Crippen molar-refractivity contribution in [2.75, 3.05) is 0 Å². The van der Waals surface area contributed by atoms with Crippen molar-refractivity contribution in [2.24, 2.45) is 5.73 Å². The number of benzene rings is 1. The Hall–Kier alpha value is -1.64. The summed E-state index contributed by atoms with van der Waals surface area (Å²) in [5.41, 5.74) is 6.60. The fourth-order valence-electron chi connectivity index (χ4n) is 1.00. The summed E-state index contributed by atoms with van der Waals surface area (Å²) in [7, 11) is 0. The standard InChI is InChI=1S/C9H9NO2/c1-6-2-3-8(9(10)12)7(4-6)5-11/h2-5H,1H3,(H2,10,12). The highest BCUT2D eigenvalue weighted by atomic mass is 16.1. The first-order chi connectivity index (χ1) is 5.65. The third kappa shape index (κ3) is 1.50. The van der Waals surface area contributed by atoms with Crippen LogP contribution in [0.25, 0.3) is 0 Å². The molecule has 0 saturated carbocycles. The minimum atomic E-state index is -0.572. The Morgan fingerprint density at radius 1 is 1.50 bits per heavy atom. The predicted molar refractivity (Wildman–Crippen MR) is 45.1 cm³/mol. The van der Waals surface area contributed by atoms with Crippen LogP contribution in [0.4, 0.5) is 0 Å². The lowest BCUT2D eigenvalue weighted by Gasteiger charge is -2.00. The molecule has 1 aromatic carbocycles. The molecule has 0 aromatic heterocycles. The maximum Gasteiger partial charge on any atom is 0.249 e. The van der Waals surface area contributed by atoms with Crippen molar-refractivity contribution >= 4 is 12.2 Å². The highest BCUT2D eigenvalue weighted by Gasteiger charge is 2.06. The number of aldehydes is 1. The van der Waals surface area contributed by atoms with Crippen molar-refractivity contribution < 1.29 is 9.59 Å². The Bertz CT molecular complexity index is 331. The second-order valence-corrected chi connectivity index (χ2v) is 2.57. The molecule has 0 atom stereocenters. The first-order valence-corrected chi connectivity index (χ1v) is 3.51. The molecular weight excluding hydrogens is 154 g/mol. The second-order valence-electron chi connectivity index (χ2n) is 2.57. The quantitative estimate of drug-likeness (QED) is 0.658. The molecule has 1 amide bonds. The topological polar surface area (TPSA) is 60.2 Å². The lowest BCUT2D eigenvalue weighted by atomic mass is 10.1. The minimum Gasteiger partial charge on any atom is -0.366 e. The smallest absolute Gasteiger partial charge is 0.249 e. The third-order valence-electron chi connectivity index (χ3n) is 1.60. The molecule has 0 aliphatic rings. The molecule has 0 spiro atoms. The number of rotatable bonds is 2. The van der Waals surface area contributed by atoms with Gasteiger partial charge in [0.1, 0.15) is 0 Å². The molecule has 1 aromatic rings. The van der Waals surface area contributed by atoms with Gasteiger partial charge in [0.15, 0.2) is 6.29 Å². The number of aryl methyl sites for hydroxylation is 1. The van der Waals surface area contributed by atoms with Crippen molar-refractivity contribution in [1.82, 2.24) is 0 Å². The summed E-state index contributed by atoms with van der Waals surface area (Å²) < 4.78 is 0. The number of hydrogen-bond acceptors (Lipinski definition) is 2.